The fraction of sp³-hybridized carbons (Fsp3) is 0.500. The van der Waals surface area contributed by atoms with Crippen molar-refractivity contribution in [1.82, 2.24) is 9.59 Å². The van der Waals surface area contributed by atoms with E-state index in [1.807, 2.05) is 0 Å². The van der Waals surface area contributed by atoms with Crippen LogP contribution in [0.5, 0.6) is 0 Å². The Balaban J connectivity index is 2.49. The van der Waals surface area contributed by atoms with Crippen molar-refractivity contribution in [3.05, 3.63) is 11.1 Å². The summed E-state index contributed by atoms with van der Waals surface area (Å²) < 4.78 is 8.09. The number of hydrogen-bond donors (Lipinski definition) is 1. The summed E-state index contributed by atoms with van der Waals surface area (Å²) in [5, 5.41) is 5.46. The van der Waals surface area contributed by atoms with E-state index in [9.17, 15) is 4.79 Å². The summed E-state index contributed by atoms with van der Waals surface area (Å²) in [5.41, 5.74) is 6.25. The fourth-order valence-electron chi connectivity index (χ4n) is 0.701. The van der Waals surface area contributed by atoms with E-state index in [1.165, 1.54) is 18.6 Å². The zero-order chi connectivity index (χ0) is 8.97. The Hall–Kier alpha value is -1.01. The smallest absolute Gasteiger partial charge is 0.307 e. The van der Waals surface area contributed by atoms with Crippen LogP contribution in [-0.4, -0.2) is 22.7 Å². The van der Waals surface area contributed by atoms with Gasteiger partial charge in [0.25, 0.3) is 0 Å². The van der Waals surface area contributed by atoms with E-state index in [0.717, 1.165) is 0 Å². The van der Waals surface area contributed by atoms with E-state index in [0.29, 0.717) is 5.69 Å². The third-order valence-corrected chi connectivity index (χ3v) is 1.89. The second-order valence-electron chi connectivity index (χ2n) is 2.22. The number of nitrogens with two attached hydrogens (primary N) is 1. The van der Waals surface area contributed by atoms with Crippen LogP contribution in [0.4, 0.5) is 0 Å². The normalized spacial score (nSPS) is 12.5. The van der Waals surface area contributed by atoms with Crippen molar-refractivity contribution in [2.24, 2.45) is 5.73 Å². The lowest BCUT2D eigenvalue weighted by atomic mass is 10.2. The molecule has 0 spiro atoms. The molecule has 0 aliphatic rings. The van der Waals surface area contributed by atoms with Crippen LogP contribution in [0.25, 0.3) is 0 Å². The molecule has 1 heterocycles. The van der Waals surface area contributed by atoms with Crippen molar-refractivity contribution in [3.63, 3.8) is 0 Å². The Morgan fingerprint density at radius 3 is 3.17 bits per heavy atom. The molecule has 1 rings (SSSR count). The summed E-state index contributed by atoms with van der Waals surface area (Å²) in [6, 6.07) is -0.406. The number of esters is 1. The zero-order valence-corrected chi connectivity index (χ0v) is 7.37. The van der Waals surface area contributed by atoms with Gasteiger partial charge in [0.15, 0.2) is 0 Å². The SMILES string of the molecule is COC(=O)C[C@@H](N)c1csnn1. The summed E-state index contributed by atoms with van der Waals surface area (Å²) in [5.74, 6) is -0.337. The molecule has 2 N–H and O–H groups in total. The predicted octanol–water partition coefficient (Wildman–Crippen LogP) is 0.101. The van der Waals surface area contributed by atoms with Crippen LogP contribution in [-0.2, 0) is 9.53 Å². The van der Waals surface area contributed by atoms with Gasteiger partial charge in [-0.15, -0.1) is 5.10 Å². The molecule has 1 atom stereocenters. The average molecular weight is 187 g/mol. The van der Waals surface area contributed by atoms with Crippen LogP contribution in [0.1, 0.15) is 18.2 Å². The summed E-state index contributed by atoms with van der Waals surface area (Å²) in [4.78, 5) is 10.8. The van der Waals surface area contributed by atoms with Crippen LogP contribution in [0.3, 0.4) is 0 Å². The van der Waals surface area contributed by atoms with Crippen LogP contribution >= 0.6 is 11.5 Å². The first kappa shape index (κ1) is 9.08. The first-order valence-electron chi connectivity index (χ1n) is 3.33. The van der Waals surface area contributed by atoms with E-state index in [4.69, 9.17) is 5.73 Å². The highest BCUT2D eigenvalue weighted by atomic mass is 32.1. The lowest BCUT2D eigenvalue weighted by Gasteiger charge is -2.04. The summed E-state index contributed by atoms with van der Waals surface area (Å²) in [6.07, 6.45) is 0.141. The highest BCUT2D eigenvalue weighted by Crippen LogP contribution is 2.11. The average Bonchev–Trinajstić information content (AvgIpc) is 2.56. The van der Waals surface area contributed by atoms with Crippen molar-refractivity contribution in [3.8, 4) is 0 Å². The molecule has 0 fully saturated rings. The van der Waals surface area contributed by atoms with E-state index >= 15 is 0 Å². The minimum Gasteiger partial charge on any atom is -0.469 e. The molecule has 0 radical (unpaired) electrons. The number of methoxy groups -OCH3 is 1. The van der Waals surface area contributed by atoms with Crippen molar-refractivity contribution in [1.29, 1.82) is 0 Å². The van der Waals surface area contributed by atoms with Gasteiger partial charge in [0.2, 0.25) is 0 Å². The predicted molar refractivity (Wildman–Crippen MR) is 43.5 cm³/mol. The van der Waals surface area contributed by atoms with Gasteiger partial charge in [0.05, 0.1) is 25.3 Å². The Kier molecular flexibility index (Phi) is 3.12. The summed E-state index contributed by atoms with van der Waals surface area (Å²) >= 11 is 1.21. The molecule has 5 nitrogen and oxygen atoms in total. The molecule has 0 aliphatic carbocycles. The molecule has 6 heteroatoms. The Morgan fingerprint density at radius 2 is 2.67 bits per heavy atom. The lowest BCUT2D eigenvalue weighted by molar-refractivity contribution is -0.141. The highest BCUT2D eigenvalue weighted by Gasteiger charge is 2.13. The summed E-state index contributed by atoms with van der Waals surface area (Å²) in [6.45, 7) is 0. The molecule has 0 bridgehead atoms. The van der Waals surface area contributed by atoms with Crippen LogP contribution in [0, 0.1) is 0 Å². The Bertz CT molecular complexity index is 249. The molecule has 1 aromatic heterocycles. The van der Waals surface area contributed by atoms with Crippen molar-refractivity contribution >= 4 is 17.5 Å². The van der Waals surface area contributed by atoms with Gasteiger partial charge >= 0.3 is 5.97 Å². The van der Waals surface area contributed by atoms with Crippen LogP contribution in [0.2, 0.25) is 0 Å². The standard InChI is InChI=1S/C6H9N3O2S/c1-11-6(10)2-4(7)5-3-12-9-8-5/h3-4H,2,7H2,1H3/t4-/m1/s1. The van der Waals surface area contributed by atoms with Gasteiger partial charge in [-0.25, -0.2) is 0 Å². The fourth-order valence-corrected chi connectivity index (χ4v) is 1.22. The molecule has 1 aromatic rings. The number of carbonyl (C=O) groups excluding carboxylic acids is 1. The lowest BCUT2D eigenvalue weighted by Crippen LogP contribution is -2.16. The Labute approximate surface area is 73.7 Å². The van der Waals surface area contributed by atoms with E-state index < -0.39 is 6.04 Å². The van der Waals surface area contributed by atoms with Crippen molar-refractivity contribution in [2.75, 3.05) is 7.11 Å². The van der Waals surface area contributed by atoms with Crippen molar-refractivity contribution < 1.29 is 9.53 Å². The van der Waals surface area contributed by atoms with E-state index in [-0.39, 0.29) is 12.4 Å². The number of nitrogens with zero attached hydrogens (tertiary/aromatic N) is 2. The maximum atomic E-state index is 10.8. The molecule has 0 amide bonds. The van der Waals surface area contributed by atoms with Gasteiger partial charge < -0.3 is 10.5 Å². The van der Waals surface area contributed by atoms with Gasteiger partial charge in [-0.1, -0.05) is 4.49 Å². The second-order valence-corrected chi connectivity index (χ2v) is 2.83. The van der Waals surface area contributed by atoms with Crippen LogP contribution < -0.4 is 5.73 Å². The number of ether oxygens (including phenoxy) is 1. The number of aromatic nitrogens is 2. The molecular weight excluding hydrogens is 178 g/mol. The van der Waals surface area contributed by atoms with Gasteiger partial charge in [-0.05, 0) is 11.5 Å². The second kappa shape index (κ2) is 4.13. The molecule has 0 saturated heterocycles. The van der Waals surface area contributed by atoms with E-state index in [2.05, 4.69) is 14.3 Å². The number of hydrogen-bond acceptors (Lipinski definition) is 6. The van der Waals surface area contributed by atoms with Crippen LogP contribution in [0.15, 0.2) is 5.38 Å². The maximum absolute atomic E-state index is 10.8. The molecule has 0 unspecified atom stereocenters. The molecule has 0 aromatic carbocycles. The number of carbonyl (C=O) groups is 1. The van der Waals surface area contributed by atoms with E-state index in [1.54, 1.807) is 5.38 Å². The monoisotopic (exact) mass is 187 g/mol. The third-order valence-electron chi connectivity index (χ3n) is 1.37. The van der Waals surface area contributed by atoms with Gasteiger partial charge in [0.1, 0.15) is 0 Å². The van der Waals surface area contributed by atoms with Gasteiger partial charge in [0, 0.05) is 5.38 Å². The minimum atomic E-state index is -0.406. The highest BCUT2D eigenvalue weighted by molar-refractivity contribution is 7.03. The quantitative estimate of drug-likeness (QED) is 0.679. The molecule has 66 valence electrons. The number of rotatable bonds is 3. The van der Waals surface area contributed by atoms with Crippen molar-refractivity contribution in [2.45, 2.75) is 12.5 Å². The molecule has 0 saturated carbocycles. The molecule has 0 aliphatic heterocycles. The third kappa shape index (κ3) is 2.24. The Morgan fingerprint density at radius 1 is 1.92 bits per heavy atom. The zero-order valence-electron chi connectivity index (χ0n) is 6.56. The topological polar surface area (TPSA) is 78.1 Å². The van der Waals surface area contributed by atoms with Gasteiger partial charge in [-0.2, -0.15) is 0 Å². The minimum absolute atomic E-state index is 0.141. The largest absolute Gasteiger partial charge is 0.469 e. The summed E-state index contributed by atoms with van der Waals surface area (Å²) in [7, 11) is 1.33. The maximum Gasteiger partial charge on any atom is 0.307 e. The first-order chi connectivity index (χ1) is 5.74. The van der Waals surface area contributed by atoms with Gasteiger partial charge in [-0.3, -0.25) is 4.79 Å². The molecular formula is C6H9N3O2S. The molecule has 12 heavy (non-hydrogen) atoms. The first-order valence-corrected chi connectivity index (χ1v) is 4.17.